The number of amides is 1. The first-order valence-electron chi connectivity index (χ1n) is 16.1. The van der Waals surface area contributed by atoms with Crippen molar-refractivity contribution >= 4 is 73.3 Å². The molecule has 1 aliphatic rings. The average molecular weight is 769 g/mol. The van der Waals surface area contributed by atoms with Gasteiger partial charge in [0.15, 0.2) is 12.4 Å². The van der Waals surface area contributed by atoms with Gasteiger partial charge in [-0.3, -0.25) is 14.4 Å². The second-order valence-corrected chi connectivity index (χ2v) is 15.0. The largest absolute Gasteiger partial charge is 0.481 e. The van der Waals surface area contributed by atoms with Gasteiger partial charge in [-0.15, -0.1) is 0 Å². The maximum atomic E-state index is 14.5. The SMILES string of the molecule is CC(C)[C@H](NS(=O)(=O)c1cccc2ccccc12)C1=NOC(C(=O)N(C)[C@@H](CC(=O)O)C(=O)COC(=O)c2c(Cl)cccc2Cl)(c2ccccc2)C1. The maximum absolute atomic E-state index is 14.5. The number of hydrogen-bond acceptors (Lipinski definition) is 9. The Hall–Kier alpha value is -4.82. The molecule has 3 atom stereocenters. The summed E-state index contributed by atoms with van der Waals surface area (Å²) < 4.78 is 35.6. The van der Waals surface area contributed by atoms with Gasteiger partial charge in [-0.25, -0.2) is 17.9 Å². The number of carbonyl (C=O) groups excluding carboxylic acids is 3. The van der Waals surface area contributed by atoms with Gasteiger partial charge in [0.05, 0.1) is 38.7 Å². The van der Waals surface area contributed by atoms with E-state index in [0.717, 1.165) is 10.3 Å². The Labute approximate surface area is 310 Å². The van der Waals surface area contributed by atoms with E-state index in [1.54, 1.807) is 74.5 Å². The van der Waals surface area contributed by atoms with Crippen LogP contribution in [0.3, 0.4) is 0 Å². The Morgan fingerprint density at radius 2 is 1.56 bits per heavy atom. The van der Waals surface area contributed by atoms with Crippen LogP contribution in [0.5, 0.6) is 0 Å². The summed E-state index contributed by atoms with van der Waals surface area (Å²) in [5.74, 6) is -4.53. The summed E-state index contributed by atoms with van der Waals surface area (Å²) in [5.41, 5.74) is -1.56. The van der Waals surface area contributed by atoms with Gasteiger partial charge >= 0.3 is 11.9 Å². The summed E-state index contributed by atoms with van der Waals surface area (Å²) in [6, 6.07) is 22.1. The number of Topliss-reactive ketones (excluding diaryl/α,β-unsaturated/α-hetero) is 1. The van der Waals surface area contributed by atoms with Crippen molar-refractivity contribution in [3.05, 3.63) is 112 Å². The first-order valence-corrected chi connectivity index (χ1v) is 18.3. The van der Waals surface area contributed by atoms with Crippen molar-refractivity contribution in [1.29, 1.82) is 0 Å². The van der Waals surface area contributed by atoms with Crippen LogP contribution in [0.25, 0.3) is 10.8 Å². The lowest BCUT2D eigenvalue weighted by molar-refractivity contribution is -0.161. The molecule has 4 aromatic carbocycles. The molecular weight excluding hydrogens is 733 g/mol. The standard InChI is InChI=1S/C37H35Cl2N3O9S/c1-22(2)34(41-52(48,49)31-18-9-12-23-11-7-8-15-25(23)31)28-20-37(51-40-28,24-13-5-4-6-14-24)36(47)42(3)29(19-32(44)45)30(43)21-50-35(46)33-26(38)16-10-17-27(33)39/h4-18,22,29,34,41H,19-21H2,1-3H3,(H,44,45)/t29-,34-,37?/m0/s1. The van der Waals surface area contributed by atoms with Gasteiger partial charge in [0, 0.05) is 24.4 Å². The average Bonchev–Trinajstić information content (AvgIpc) is 3.57. The summed E-state index contributed by atoms with van der Waals surface area (Å²) in [4.78, 5) is 59.7. The van der Waals surface area contributed by atoms with Crippen molar-refractivity contribution in [2.45, 2.75) is 49.3 Å². The number of esters is 1. The van der Waals surface area contributed by atoms with Crippen molar-refractivity contribution in [3.8, 4) is 0 Å². The molecule has 0 bridgehead atoms. The molecule has 4 aromatic rings. The molecular formula is C37H35Cl2N3O9S. The lowest BCUT2D eigenvalue weighted by Crippen LogP contribution is -2.54. The summed E-state index contributed by atoms with van der Waals surface area (Å²) in [5, 5.41) is 15.2. The quantitative estimate of drug-likeness (QED) is 0.150. The fourth-order valence-electron chi connectivity index (χ4n) is 6.03. The van der Waals surface area contributed by atoms with Crippen LogP contribution in [0.1, 0.15) is 42.6 Å². The molecule has 0 fully saturated rings. The third-order valence-electron chi connectivity index (χ3n) is 8.72. The second-order valence-electron chi connectivity index (χ2n) is 12.5. The minimum Gasteiger partial charge on any atom is -0.481 e. The smallest absolute Gasteiger partial charge is 0.341 e. The molecule has 0 aromatic heterocycles. The van der Waals surface area contributed by atoms with E-state index in [1.165, 1.54) is 31.3 Å². The van der Waals surface area contributed by atoms with Crippen LogP contribution in [0.2, 0.25) is 10.0 Å². The van der Waals surface area contributed by atoms with Gasteiger partial charge in [-0.2, -0.15) is 0 Å². The molecule has 1 aliphatic heterocycles. The number of benzene rings is 4. The molecule has 0 saturated carbocycles. The van der Waals surface area contributed by atoms with E-state index < -0.39 is 64.4 Å². The summed E-state index contributed by atoms with van der Waals surface area (Å²) in [6.45, 7) is 2.67. The van der Waals surface area contributed by atoms with Crippen LogP contribution >= 0.6 is 23.2 Å². The van der Waals surface area contributed by atoms with Gasteiger partial charge in [-0.05, 0) is 29.5 Å². The second kappa shape index (κ2) is 15.8. The third kappa shape index (κ3) is 7.97. The predicted molar refractivity (Wildman–Crippen MR) is 195 cm³/mol. The molecule has 0 spiro atoms. The fourth-order valence-corrected chi connectivity index (χ4v) is 8.18. The van der Waals surface area contributed by atoms with Crippen LogP contribution in [-0.4, -0.2) is 73.5 Å². The Morgan fingerprint density at radius 3 is 2.21 bits per heavy atom. The zero-order valence-corrected chi connectivity index (χ0v) is 30.6. The van der Waals surface area contributed by atoms with Crippen LogP contribution in [0.15, 0.2) is 101 Å². The van der Waals surface area contributed by atoms with Crippen LogP contribution in [-0.2, 0) is 39.6 Å². The fraction of sp³-hybridized carbons (Fsp3) is 0.270. The van der Waals surface area contributed by atoms with Crippen molar-refractivity contribution in [1.82, 2.24) is 9.62 Å². The van der Waals surface area contributed by atoms with Crippen molar-refractivity contribution in [3.63, 3.8) is 0 Å². The van der Waals surface area contributed by atoms with Gasteiger partial charge in [0.2, 0.25) is 15.6 Å². The van der Waals surface area contributed by atoms with E-state index in [9.17, 15) is 32.7 Å². The predicted octanol–water partition coefficient (Wildman–Crippen LogP) is 5.85. The summed E-state index contributed by atoms with van der Waals surface area (Å²) in [6.07, 6.45) is -1.07. The number of fused-ring (bicyclic) bond motifs is 1. The Balaban J connectivity index is 1.43. The molecule has 52 heavy (non-hydrogen) atoms. The monoisotopic (exact) mass is 767 g/mol. The number of likely N-dealkylation sites (N-methyl/N-ethyl adjacent to an activating group) is 1. The van der Waals surface area contributed by atoms with Gasteiger partial charge < -0.3 is 19.6 Å². The Morgan fingerprint density at radius 1 is 0.942 bits per heavy atom. The molecule has 15 heteroatoms. The molecule has 1 unspecified atom stereocenters. The molecule has 0 radical (unpaired) electrons. The minimum absolute atomic E-state index is 0.0163. The van der Waals surface area contributed by atoms with Gasteiger partial charge in [-0.1, -0.05) is 115 Å². The Bertz CT molecular complexity index is 2140. The molecule has 272 valence electrons. The van der Waals surface area contributed by atoms with E-state index in [0.29, 0.717) is 10.9 Å². The first kappa shape index (κ1) is 38.4. The highest BCUT2D eigenvalue weighted by atomic mass is 35.5. The number of ether oxygens (including phenoxy) is 1. The van der Waals surface area contributed by atoms with Crippen LogP contribution in [0, 0.1) is 5.92 Å². The number of carboxylic acids is 1. The van der Waals surface area contributed by atoms with Crippen molar-refractivity contribution < 1.29 is 42.3 Å². The summed E-state index contributed by atoms with van der Waals surface area (Å²) in [7, 11) is -2.90. The number of halogens is 2. The highest BCUT2D eigenvalue weighted by Crippen LogP contribution is 2.39. The number of sulfonamides is 1. The molecule has 1 amide bonds. The lowest BCUT2D eigenvalue weighted by atomic mass is 9.84. The molecule has 0 saturated heterocycles. The molecule has 2 N–H and O–H groups in total. The third-order valence-corrected chi connectivity index (χ3v) is 10.9. The maximum Gasteiger partial charge on any atom is 0.341 e. The molecule has 12 nitrogen and oxygen atoms in total. The number of aliphatic carboxylic acids is 1. The van der Waals surface area contributed by atoms with E-state index in [-0.39, 0.29) is 38.6 Å². The lowest BCUT2D eigenvalue weighted by Gasteiger charge is -2.34. The molecule has 0 aliphatic carbocycles. The number of nitrogens with one attached hydrogen (secondary N) is 1. The van der Waals surface area contributed by atoms with Crippen LogP contribution < -0.4 is 4.72 Å². The van der Waals surface area contributed by atoms with E-state index in [4.69, 9.17) is 32.8 Å². The normalized spacial score (nSPS) is 16.8. The van der Waals surface area contributed by atoms with Gasteiger partial charge in [0.1, 0.15) is 6.04 Å². The first-order chi connectivity index (χ1) is 24.7. The number of ketones is 1. The van der Waals surface area contributed by atoms with E-state index in [2.05, 4.69) is 9.88 Å². The van der Waals surface area contributed by atoms with Crippen molar-refractivity contribution in [2.24, 2.45) is 11.1 Å². The van der Waals surface area contributed by atoms with E-state index >= 15 is 0 Å². The summed E-state index contributed by atoms with van der Waals surface area (Å²) >= 11 is 12.2. The Kier molecular flexibility index (Phi) is 11.7. The number of oxime groups is 1. The van der Waals surface area contributed by atoms with Gasteiger partial charge in [0.25, 0.3) is 5.91 Å². The molecule has 1 heterocycles. The number of rotatable bonds is 14. The zero-order chi connectivity index (χ0) is 37.8. The number of nitrogens with zero attached hydrogens (tertiary/aromatic N) is 2. The zero-order valence-electron chi connectivity index (χ0n) is 28.3. The minimum atomic E-state index is -4.13. The number of hydrogen-bond donors (Lipinski definition) is 2. The van der Waals surface area contributed by atoms with E-state index in [1.807, 2.05) is 6.07 Å². The highest BCUT2D eigenvalue weighted by Gasteiger charge is 2.53. The number of carbonyl (C=O) groups is 4. The highest BCUT2D eigenvalue weighted by molar-refractivity contribution is 7.89. The van der Waals surface area contributed by atoms with Crippen molar-refractivity contribution in [2.75, 3.05) is 13.7 Å². The number of carboxylic acid groups (broad SMARTS) is 1. The molecule has 5 rings (SSSR count). The van der Waals surface area contributed by atoms with Crippen LogP contribution in [0.4, 0.5) is 0 Å². The topological polar surface area (TPSA) is 169 Å².